The minimum Gasteiger partial charge on any atom is -0.372 e. The molecule has 1 aromatic carbocycles. The van der Waals surface area contributed by atoms with Crippen molar-refractivity contribution in [2.75, 3.05) is 18.0 Å². The monoisotopic (exact) mass is 247 g/mol. The van der Waals surface area contributed by atoms with Gasteiger partial charge in [-0.2, -0.15) is 5.26 Å². The smallest absolute Gasteiger partial charge is 0.287 e. The van der Waals surface area contributed by atoms with Gasteiger partial charge in [-0.3, -0.25) is 10.1 Å². The molecule has 1 aromatic rings. The highest BCUT2D eigenvalue weighted by Crippen LogP contribution is 2.24. The normalized spacial score (nSPS) is 9.83. The third-order valence-electron chi connectivity index (χ3n) is 2.65. The van der Waals surface area contributed by atoms with E-state index in [1.807, 2.05) is 6.07 Å². The maximum absolute atomic E-state index is 10.8. The standard InChI is InChI=1S/C13H17N3O2/c1-3-7-15(8-4-2)12-5-6-13(16(17)18)11(9-12)10-14/h5-6,9H,3-4,7-8H2,1-2H3. The van der Waals surface area contributed by atoms with Gasteiger partial charge in [0.05, 0.1) is 4.92 Å². The van der Waals surface area contributed by atoms with Crippen LogP contribution >= 0.6 is 0 Å². The van der Waals surface area contributed by atoms with Crippen LogP contribution in [0.5, 0.6) is 0 Å². The maximum Gasteiger partial charge on any atom is 0.287 e. The van der Waals surface area contributed by atoms with Crippen molar-refractivity contribution in [3.05, 3.63) is 33.9 Å². The average Bonchev–Trinajstić information content (AvgIpc) is 2.37. The Kier molecular flexibility index (Phi) is 5.12. The van der Waals surface area contributed by atoms with Gasteiger partial charge in [-0.25, -0.2) is 0 Å². The second kappa shape index (κ2) is 6.60. The summed E-state index contributed by atoms with van der Waals surface area (Å²) in [5.41, 5.74) is 0.866. The Morgan fingerprint density at radius 1 is 1.33 bits per heavy atom. The summed E-state index contributed by atoms with van der Waals surface area (Å²) in [7, 11) is 0. The van der Waals surface area contributed by atoms with Crippen molar-refractivity contribution in [2.24, 2.45) is 0 Å². The van der Waals surface area contributed by atoms with Crippen LogP contribution in [0.15, 0.2) is 18.2 Å². The topological polar surface area (TPSA) is 70.2 Å². The molecular formula is C13H17N3O2. The van der Waals surface area contributed by atoms with Crippen molar-refractivity contribution in [2.45, 2.75) is 26.7 Å². The number of nitriles is 1. The highest BCUT2D eigenvalue weighted by Gasteiger charge is 2.15. The first-order valence-electron chi connectivity index (χ1n) is 6.07. The third kappa shape index (κ3) is 3.20. The Morgan fingerprint density at radius 3 is 2.39 bits per heavy atom. The number of nitro benzene ring substituents is 1. The molecule has 96 valence electrons. The van der Waals surface area contributed by atoms with Crippen molar-refractivity contribution in [3.8, 4) is 6.07 Å². The van der Waals surface area contributed by atoms with Crippen LogP contribution in [-0.2, 0) is 0 Å². The molecule has 0 aliphatic heterocycles. The first-order valence-corrected chi connectivity index (χ1v) is 6.07. The molecule has 1 rings (SSSR count). The Balaban J connectivity index is 3.10. The zero-order valence-corrected chi connectivity index (χ0v) is 10.7. The Labute approximate surface area is 107 Å². The molecule has 5 nitrogen and oxygen atoms in total. The molecule has 0 heterocycles. The third-order valence-corrected chi connectivity index (χ3v) is 2.65. The van der Waals surface area contributed by atoms with Crippen LogP contribution in [0.3, 0.4) is 0 Å². The van der Waals surface area contributed by atoms with E-state index in [2.05, 4.69) is 18.7 Å². The summed E-state index contributed by atoms with van der Waals surface area (Å²) in [4.78, 5) is 12.4. The molecular weight excluding hydrogens is 230 g/mol. The lowest BCUT2D eigenvalue weighted by Gasteiger charge is -2.23. The number of hydrogen-bond acceptors (Lipinski definition) is 4. The van der Waals surface area contributed by atoms with E-state index >= 15 is 0 Å². The quantitative estimate of drug-likeness (QED) is 0.572. The van der Waals surface area contributed by atoms with E-state index in [1.54, 1.807) is 12.1 Å². The number of hydrogen-bond donors (Lipinski definition) is 0. The van der Waals surface area contributed by atoms with Gasteiger partial charge < -0.3 is 4.90 Å². The molecule has 0 radical (unpaired) electrons. The molecule has 0 saturated carbocycles. The molecule has 0 spiro atoms. The Hall–Kier alpha value is -2.09. The van der Waals surface area contributed by atoms with Crippen LogP contribution in [0.2, 0.25) is 0 Å². The molecule has 0 N–H and O–H groups in total. The molecule has 18 heavy (non-hydrogen) atoms. The molecule has 0 fully saturated rings. The maximum atomic E-state index is 10.8. The second-order valence-corrected chi connectivity index (χ2v) is 4.06. The van der Waals surface area contributed by atoms with E-state index in [4.69, 9.17) is 5.26 Å². The van der Waals surface area contributed by atoms with Gasteiger partial charge in [0.2, 0.25) is 0 Å². The first kappa shape index (κ1) is 14.0. The van der Waals surface area contributed by atoms with Crippen LogP contribution in [-0.4, -0.2) is 18.0 Å². The fraction of sp³-hybridized carbons (Fsp3) is 0.462. The van der Waals surface area contributed by atoms with Crippen LogP contribution in [0, 0.1) is 21.4 Å². The van der Waals surface area contributed by atoms with Crippen LogP contribution in [0.1, 0.15) is 32.3 Å². The number of benzene rings is 1. The van der Waals surface area contributed by atoms with Gasteiger partial charge in [0.25, 0.3) is 5.69 Å². The highest BCUT2D eigenvalue weighted by molar-refractivity contribution is 5.59. The molecule has 5 heteroatoms. The first-order chi connectivity index (χ1) is 8.63. The summed E-state index contributed by atoms with van der Waals surface area (Å²) in [5.74, 6) is 0. The lowest BCUT2D eigenvalue weighted by atomic mass is 10.1. The molecule has 0 atom stereocenters. The average molecular weight is 247 g/mol. The van der Waals surface area contributed by atoms with Crippen LogP contribution < -0.4 is 4.90 Å². The highest BCUT2D eigenvalue weighted by atomic mass is 16.6. The van der Waals surface area contributed by atoms with Crippen molar-refractivity contribution >= 4 is 11.4 Å². The predicted octanol–water partition coefficient (Wildman–Crippen LogP) is 3.09. The lowest BCUT2D eigenvalue weighted by Crippen LogP contribution is -2.24. The largest absolute Gasteiger partial charge is 0.372 e. The fourth-order valence-corrected chi connectivity index (χ4v) is 1.88. The SMILES string of the molecule is CCCN(CCC)c1ccc([N+](=O)[O-])c(C#N)c1. The molecule has 0 unspecified atom stereocenters. The van der Waals surface area contributed by atoms with E-state index in [1.165, 1.54) is 6.07 Å². The molecule has 0 amide bonds. The molecule has 0 bridgehead atoms. The van der Waals surface area contributed by atoms with Gasteiger partial charge in [-0.15, -0.1) is 0 Å². The minimum atomic E-state index is -0.522. The van der Waals surface area contributed by atoms with Gasteiger partial charge in [-0.05, 0) is 25.0 Å². The zero-order chi connectivity index (χ0) is 13.5. The Bertz CT molecular complexity index is 460. The van der Waals surface area contributed by atoms with E-state index < -0.39 is 4.92 Å². The van der Waals surface area contributed by atoms with Gasteiger partial charge >= 0.3 is 0 Å². The summed E-state index contributed by atoms with van der Waals surface area (Å²) in [5, 5.41) is 19.7. The number of rotatable bonds is 6. The van der Waals surface area contributed by atoms with E-state index in [-0.39, 0.29) is 11.3 Å². The summed E-state index contributed by atoms with van der Waals surface area (Å²) >= 11 is 0. The van der Waals surface area contributed by atoms with E-state index in [9.17, 15) is 10.1 Å². The second-order valence-electron chi connectivity index (χ2n) is 4.06. The molecule has 0 aliphatic carbocycles. The van der Waals surface area contributed by atoms with Crippen LogP contribution in [0.25, 0.3) is 0 Å². The van der Waals surface area contributed by atoms with Gasteiger partial charge in [-0.1, -0.05) is 13.8 Å². The minimum absolute atomic E-state index is 0.120. The molecule has 0 aromatic heterocycles. The summed E-state index contributed by atoms with van der Waals surface area (Å²) in [6.45, 7) is 5.94. The Morgan fingerprint density at radius 2 is 1.94 bits per heavy atom. The van der Waals surface area contributed by atoms with E-state index in [0.29, 0.717) is 0 Å². The predicted molar refractivity (Wildman–Crippen MR) is 70.6 cm³/mol. The molecule has 0 saturated heterocycles. The van der Waals surface area contributed by atoms with Crippen molar-refractivity contribution in [3.63, 3.8) is 0 Å². The van der Waals surface area contributed by atoms with Crippen LogP contribution in [0.4, 0.5) is 11.4 Å². The lowest BCUT2D eigenvalue weighted by molar-refractivity contribution is -0.385. The number of anilines is 1. The number of nitro groups is 1. The van der Waals surface area contributed by atoms with Gasteiger partial charge in [0.15, 0.2) is 0 Å². The van der Waals surface area contributed by atoms with Gasteiger partial charge in [0.1, 0.15) is 11.6 Å². The summed E-state index contributed by atoms with van der Waals surface area (Å²) in [6, 6.07) is 6.61. The summed E-state index contributed by atoms with van der Waals surface area (Å²) in [6.07, 6.45) is 2.00. The van der Waals surface area contributed by atoms with Crippen molar-refractivity contribution in [1.82, 2.24) is 0 Å². The van der Waals surface area contributed by atoms with Crippen molar-refractivity contribution < 1.29 is 4.92 Å². The van der Waals surface area contributed by atoms with Gasteiger partial charge in [0, 0.05) is 24.8 Å². The zero-order valence-electron chi connectivity index (χ0n) is 10.7. The summed E-state index contributed by atoms with van der Waals surface area (Å²) < 4.78 is 0. The van der Waals surface area contributed by atoms with Crippen molar-refractivity contribution in [1.29, 1.82) is 5.26 Å². The van der Waals surface area contributed by atoms with E-state index in [0.717, 1.165) is 31.6 Å². The molecule has 0 aliphatic rings. The fourth-order valence-electron chi connectivity index (χ4n) is 1.88. The number of nitrogens with zero attached hydrogens (tertiary/aromatic N) is 3.